The molecule has 1 saturated heterocycles. The quantitative estimate of drug-likeness (QED) is 0.649. The van der Waals surface area contributed by atoms with E-state index in [0.717, 1.165) is 21.6 Å². The number of hydrogen-bond acceptors (Lipinski definition) is 5. The lowest BCUT2D eigenvalue weighted by Crippen LogP contribution is -2.33. The van der Waals surface area contributed by atoms with Crippen LogP contribution in [0.4, 0.5) is 10.5 Å². The molecule has 0 bridgehead atoms. The second-order valence-electron chi connectivity index (χ2n) is 6.92. The standard InChI is InChI=1S/C21H20N4O3/c1-13-8-10-16(11-9-13)25-15(3)20(26)24(21(25)27)12-18-22-19(23-28-18)17-7-5-4-6-14(17)2/h4-11,15H,12H2,1-3H3/t15-/m1/s1. The van der Waals surface area contributed by atoms with Gasteiger partial charge in [-0.2, -0.15) is 4.98 Å². The molecule has 2 aromatic carbocycles. The average Bonchev–Trinajstić information content (AvgIpc) is 3.23. The van der Waals surface area contributed by atoms with Gasteiger partial charge in [-0.05, 0) is 38.5 Å². The molecule has 1 aliphatic rings. The van der Waals surface area contributed by atoms with E-state index in [-0.39, 0.29) is 18.3 Å². The van der Waals surface area contributed by atoms with Crippen molar-refractivity contribution in [3.8, 4) is 11.4 Å². The Balaban J connectivity index is 1.57. The second-order valence-corrected chi connectivity index (χ2v) is 6.92. The maximum absolute atomic E-state index is 12.9. The van der Waals surface area contributed by atoms with Crippen molar-refractivity contribution in [1.29, 1.82) is 0 Å². The molecule has 142 valence electrons. The lowest BCUT2D eigenvalue weighted by atomic mass is 10.1. The average molecular weight is 376 g/mol. The summed E-state index contributed by atoms with van der Waals surface area (Å²) in [6.07, 6.45) is 0. The Morgan fingerprint density at radius 2 is 1.75 bits per heavy atom. The molecule has 4 rings (SSSR count). The molecule has 1 aliphatic heterocycles. The molecule has 7 heteroatoms. The summed E-state index contributed by atoms with van der Waals surface area (Å²) in [6, 6.07) is 14.2. The van der Waals surface area contributed by atoms with Gasteiger partial charge in [0.2, 0.25) is 11.7 Å². The van der Waals surface area contributed by atoms with Gasteiger partial charge in [-0.25, -0.2) is 4.79 Å². The third-order valence-electron chi connectivity index (χ3n) is 4.91. The number of carbonyl (C=O) groups is 2. The van der Waals surface area contributed by atoms with Crippen molar-refractivity contribution in [1.82, 2.24) is 15.0 Å². The van der Waals surface area contributed by atoms with Gasteiger partial charge < -0.3 is 4.52 Å². The van der Waals surface area contributed by atoms with Gasteiger partial charge in [0.15, 0.2) is 0 Å². The molecule has 28 heavy (non-hydrogen) atoms. The van der Waals surface area contributed by atoms with E-state index in [2.05, 4.69) is 10.1 Å². The van der Waals surface area contributed by atoms with Crippen LogP contribution in [-0.2, 0) is 11.3 Å². The Labute approximate surface area is 162 Å². The zero-order valence-corrected chi connectivity index (χ0v) is 15.9. The second kappa shape index (κ2) is 6.92. The number of carbonyl (C=O) groups excluding carboxylic acids is 2. The molecule has 1 fully saturated rings. The number of imide groups is 1. The van der Waals surface area contributed by atoms with Crippen LogP contribution < -0.4 is 4.90 Å². The number of aromatic nitrogens is 2. The van der Waals surface area contributed by atoms with Crippen molar-refractivity contribution in [2.24, 2.45) is 0 Å². The first kappa shape index (κ1) is 17.9. The Morgan fingerprint density at radius 1 is 1.04 bits per heavy atom. The molecule has 1 atom stereocenters. The number of amides is 3. The molecule has 0 radical (unpaired) electrons. The number of rotatable bonds is 4. The van der Waals surface area contributed by atoms with Crippen LogP contribution in [0.2, 0.25) is 0 Å². The number of urea groups is 1. The van der Waals surface area contributed by atoms with E-state index in [0.29, 0.717) is 11.5 Å². The highest BCUT2D eigenvalue weighted by molar-refractivity contribution is 6.13. The summed E-state index contributed by atoms with van der Waals surface area (Å²) in [7, 11) is 0. The van der Waals surface area contributed by atoms with Gasteiger partial charge in [0, 0.05) is 11.3 Å². The first-order valence-corrected chi connectivity index (χ1v) is 9.05. The van der Waals surface area contributed by atoms with Crippen LogP contribution in [0.1, 0.15) is 23.9 Å². The smallest absolute Gasteiger partial charge is 0.332 e. The molecule has 0 aliphatic carbocycles. The lowest BCUT2D eigenvalue weighted by Gasteiger charge is -2.19. The van der Waals surface area contributed by atoms with Crippen molar-refractivity contribution < 1.29 is 14.1 Å². The molecule has 3 amide bonds. The highest BCUT2D eigenvalue weighted by Crippen LogP contribution is 2.27. The number of aryl methyl sites for hydroxylation is 2. The van der Waals surface area contributed by atoms with Gasteiger partial charge in [-0.1, -0.05) is 47.1 Å². The highest BCUT2D eigenvalue weighted by Gasteiger charge is 2.44. The first-order chi connectivity index (χ1) is 13.5. The van der Waals surface area contributed by atoms with Crippen molar-refractivity contribution in [3.63, 3.8) is 0 Å². The van der Waals surface area contributed by atoms with Crippen molar-refractivity contribution in [2.75, 3.05) is 4.90 Å². The van der Waals surface area contributed by atoms with Crippen LogP contribution in [0.15, 0.2) is 53.1 Å². The van der Waals surface area contributed by atoms with E-state index >= 15 is 0 Å². The van der Waals surface area contributed by atoms with Gasteiger partial charge in [0.25, 0.3) is 5.91 Å². The number of benzene rings is 2. The topological polar surface area (TPSA) is 79.5 Å². The summed E-state index contributed by atoms with van der Waals surface area (Å²) >= 11 is 0. The van der Waals surface area contributed by atoms with Crippen molar-refractivity contribution in [2.45, 2.75) is 33.4 Å². The van der Waals surface area contributed by atoms with E-state index in [1.165, 1.54) is 4.90 Å². The maximum atomic E-state index is 12.9. The largest absolute Gasteiger partial charge is 0.337 e. The molecule has 2 heterocycles. The first-order valence-electron chi connectivity index (χ1n) is 9.05. The maximum Gasteiger partial charge on any atom is 0.332 e. The minimum absolute atomic E-state index is 0.0523. The van der Waals surface area contributed by atoms with Gasteiger partial charge in [0.1, 0.15) is 12.6 Å². The molecular formula is C21H20N4O3. The predicted molar refractivity (Wildman–Crippen MR) is 104 cm³/mol. The lowest BCUT2D eigenvalue weighted by molar-refractivity contribution is -0.127. The van der Waals surface area contributed by atoms with Crippen LogP contribution in [0.25, 0.3) is 11.4 Å². The molecule has 3 aromatic rings. The van der Waals surface area contributed by atoms with Gasteiger partial charge in [-0.3, -0.25) is 14.6 Å². The molecular weight excluding hydrogens is 356 g/mol. The fraction of sp³-hybridized carbons (Fsp3) is 0.238. The van der Waals surface area contributed by atoms with Crippen LogP contribution in [0.3, 0.4) is 0 Å². The van der Waals surface area contributed by atoms with E-state index in [4.69, 9.17) is 4.52 Å². The Hall–Kier alpha value is -3.48. The van der Waals surface area contributed by atoms with Gasteiger partial charge in [0.05, 0.1) is 0 Å². The molecule has 1 aromatic heterocycles. The van der Waals surface area contributed by atoms with Gasteiger partial charge >= 0.3 is 6.03 Å². The Morgan fingerprint density at radius 3 is 2.46 bits per heavy atom. The summed E-state index contributed by atoms with van der Waals surface area (Å²) in [5.41, 5.74) is 3.64. The van der Waals surface area contributed by atoms with Crippen LogP contribution in [0, 0.1) is 13.8 Å². The van der Waals surface area contributed by atoms with Crippen molar-refractivity contribution >= 4 is 17.6 Å². The molecule has 0 N–H and O–H groups in total. The summed E-state index contributed by atoms with van der Waals surface area (Å²) < 4.78 is 5.30. The minimum Gasteiger partial charge on any atom is -0.337 e. The van der Waals surface area contributed by atoms with Crippen molar-refractivity contribution in [3.05, 3.63) is 65.5 Å². The summed E-state index contributed by atoms with van der Waals surface area (Å²) in [5, 5.41) is 4.00. The fourth-order valence-corrected chi connectivity index (χ4v) is 3.30. The molecule has 0 unspecified atom stereocenters. The summed E-state index contributed by atoms with van der Waals surface area (Å²) in [6.45, 7) is 5.59. The SMILES string of the molecule is Cc1ccc(N2C(=O)N(Cc3nc(-c4ccccc4C)no3)C(=O)[C@H]2C)cc1. The molecule has 0 saturated carbocycles. The van der Waals surface area contributed by atoms with Crippen LogP contribution >= 0.6 is 0 Å². The number of anilines is 1. The zero-order chi connectivity index (χ0) is 19.8. The van der Waals surface area contributed by atoms with E-state index < -0.39 is 12.1 Å². The number of nitrogens with zero attached hydrogens (tertiary/aromatic N) is 4. The third kappa shape index (κ3) is 3.05. The van der Waals surface area contributed by atoms with E-state index in [9.17, 15) is 9.59 Å². The Bertz CT molecular complexity index is 1040. The zero-order valence-electron chi connectivity index (χ0n) is 15.9. The highest BCUT2D eigenvalue weighted by atomic mass is 16.5. The normalized spacial score (nSPS) is 16.9. The van der Waals surface area contributed by atoms with E-state index in [1.54, 1.807) is 6.92 Å². The van der Waals surface area contributed by atoms with Crippen LogP contribution in [0.5, 0.6) is 0 Å². The fourth-order valence-electron chi connectivity index (χ4n) is 3.30. The monoisotopic (exact) mass is 376 g/mol. The molecule has 7 nitrogen and oxygen atoms in total. The van der Waals surface area contributed by atoms with Gasteiger partial charge in [-0.15, -0.1) is 0 Å². The van der Waals surface area contributed by atoms with E-state index in [1.807, 2.05) is 62.4 Å². The minimum atomic E-state index is -0.589. The number of hydrogen-bond donors (Lipinski definition) is 0. The predicted octanol–water partition coefficient (Wildman–Crippen LogP) is 3.71. The summed E-state index contributed by atoms with van der Waals surface area (Å²) in [4.78, 5) is 32.6. The Kier molecular flexibility index (Phi) is 4.43. The third-order valence-corrected chi connectivity index (χ3v) is 4.91. The van der Waals surface area contributed by atoms with Crippen LogP contribution in [-0.4, -0.2) is 33.0 Å². The summed E-state index contributed by atoms with van der Waals surface area (Å²) in [5.74, 6) is 0.370. The molecule has 0 spiro atoms.